The van der Waals surface area contributed by atoms with Crippen molar-refractivity contribution >= 4 is 17.8 Å². The summed E-state index contributed by atoms with van der Waals surface area (Å²) in [5.41, 5.74) is 0. The maximum atomic E-state index is 11.5. The zero-order chi connectivity index (χ0) is 11.4. The molecule has 1 saturated heterocycles. The first kappa shape index (κ1) is 11.5. The van der Waals surface area contributed by atoms with Crippen LogP contribution in [-0.2, 0) is 9.59 Å². The molecule has 0 aromatic heterocycles. The van der Waals surface area contributed by atoms with Gasteiger partial charge in [-0.15, -0.1) is 0 Å². The molecule has 0 aromatic rings. The molecular formula is C9H14N2O4. The van der Waals surface area contributed by atoms with E-state index < -0.39 is 6.09 Å². The van der Waals surface area contributed by atoms with Gasteiger partial charge in [0.05, 0.1) is 6.04 Å². The summed E-state index contributed by atoms with van der Waals surface area (Å²) in [4.78, 5) is 34.3. The van der Waals surface area contributed by atoms with Gasteiger partial charge in [-0.1, -0.05) is 0 Å². The Morgan fingerprint density at radius 1 is 1.47 bits per heavy atom. The number of carboxylic acid groups (broad SMARTS) is 1. The SMILES string of the molecule is CC(=O)C1CCCN1C(=O)CNC(=O)O. The largest absolute Gasteiger partial charge is 0.465 e. The van der Waals surface area contributed by atoms with E-state index in [-0.39, 0.29) is 24.3 Å². The second kappa shape index (κ2) is 4.77. The van der Waals surface area contributed by atoms with Crippen molar-refractivity contribution in [2.45, 2.75) is 25.8 Å². The van der Waals surface area contributed by atoms with Gasteiger partial charge in [0, 0.05) is 6.54 Å². The smallest absolute Gasteiger partial charge is 0.405 e. The van der Waals surface area contributed by atoms with E-state index >= 15 is 0 Å². The van der Waals surface area contributed by atoms with E-state index in [0.717, 1.165) is 6.42 Å². The number of amides is 2. The summed E-state index contributed by atoms with van der Waals surface area (Å²) in [6, 6.07) is -0.368. The van der Waals surface area contributed by atoms with Crippen molar-refractivity contribution in [3.05, 3.63) is 0 Å². The number of ketones is 1. The van der Waals surface area contributed by atoms with Crippen LogP contribution in [0.3, 0.4) is 0 Å². The Labute approximate surface area is 87.2 Å². The molecule has 0 spiro atoms. The third kappa shape index (κ3) is 2.93. The van der Waals surface area contributed by atoms with Crippen LogP contribution >= 0.6 is 0 Å². The first-order valence-electron chi connectivity index (χ1n) is 4.79. The lowest BCUT2D eigenvalue weighted by molar-refractivity contribution is -0.136. The molecule has 1 rings (SSSR count). The summed E-state index contributed by atoms with van der Waals surface area (Å²) >= 11 is 0. The number of carbonyl (C=O) groups is 3. The van der Waals surface area contributed by atoms with Gasteiger partial charge in [0.2, 0.25) is 5.91 Å². The van der Waals surface area contributed by atoms with Crippen LogP contribution in [0.5, 0.6) is 0 Å². The summed E-state index contributed by atoms with van der Waals surface area (Å²) in [6.45, 7) is 1.71. The Morgan fingerprint density at radius 2 is 2.13 bits per heavy atom. The van der Waals surface area contributed by atoms with Crippen molar-refractivity contribution in [2.75, 3.05) is 13.1 Å². The molecule has 0 radical (unpaired) electrons. The topological polar surface area (TPSA) is 86.7 Å². The van der Waals surface area contributed by atoms with E-state index in [9.17, 15) is 14.4 Å². The Morgan fingerprint density at radius 3 is 2.67 bits per heavy atom. The number of carbonyl (C=O) groups excluding carboxylic acids is 2. The maximum Gasteiger partial charge on any atom is 0.405 e. The van der Waals surface area contributed by atoms with Crippen molar-refractivity contribution in [3.63, 3.8) is 0 Å². The number of Topliss-reactive ketones (excluding diaryl/α,β-unsaturated/α-hetero) is 1. The van der Waals surface area contributed by atoms with Crippen LogP contribution in [0, 0.1) is 0 Å². The quantitative estimate of drug-likeness (QED) is 0.683. The third-order valence-corrected chi connectivity index (χ3v) is 2.43. The second-order valence-electron chi connectivity index (χ2n) is 3.51. The molecule has 0 aliphatic carbocycles. The lowest BCUT2D eigenvalue weighted by atomic mass is 10.1. The molecule has 1 atom stereocenters. The fourth-order valence-corrected chi connectivity index (χ4v) is 1.74. The lowest BCUT2D eigenvalue weighted by Gasteiger charge is -2.22. The fourth-order valence-electron chi connectivity index (χ4n) is 1.74. The molecule has 1 heterocycles. The zero-order valence-corrected chi connectivity index (χ0v) is 8.52. The molecule has 6 heteroatoms. The molecule has 0 aromatic carbocycles. The van der Waals surface area contributed by atoms with Gasteiger partial charge in [-0.3, -0.25) is 9.59 Å². The molecule has 1 aliphatic rings. The molecule has 1 aliphatic heterocycles. The number of hydrogen-bond donors (Lipinski definition) is 2. The van der Waals surface area contributed by atoms with Gasteiger partial charge in [0.25, 0.3) is 0 Å². The van der Waals surface area contributed by atoms with E-state index in [1.54, 1.807) is 0 Å². The molecule has 15 heavy (non-hydrogen) atoms. The van der Waals surface area contributed by atoms with E-state index in [2.05, 4.69) is 0 Å². The van der Waals surface area contributed by atoms with Gasteiger partial charge in [-0.25, -0.2) is 4.79 Å². The molecule has 2 amide bonds. The predicted molar refractivity (Wildman–Crippen MR) is 51.4 cm³/mol. The average Bonchev–Trinajstić information content (AvgIpc) is 2.62. The molecule has 1 fully saturated rings. The van der Waals surface area contributed by atoms with Crippen LogP contribution in [0.25, 0.3) is 0 Å². The number of likely N-dealkylation sites (tertiary alicyclic amines) is 1. The van der Waals surface area contributed by atoms with Crippen LogP contribution in [0.15, 0.2) is 0 Å². The fraction of sp³-hybridized carbons (Fsp3) is 0.667. The van der Waals surface area contributed by atoms with Crippen LogP contribution in [0.2, 0.25) is 0 Å². The normalized spacial score (nSPS) is 20.1. The predicted octanol–water partition coefficient (Wildman–Crippen LogP) is -0.166. The van der Waals surface area contributed by atoms with Crippen LogP contribution < -0.4 is 5.32 Å². The van der Waals surface area contributed by atoms with Gasteiger partial charge < -0.3 is 15.3 Å². The molecule has 0 saturated carbocycles. The van der Waals surface area contributed by atoms with Crippen LogP contribution in [0.1, 0.15) is 19.8 Å². The van der Waals surface area contributed by atoms with Gasteiger partial charge in [-0.05, 0) is 19.8 Å². The number of rotatable bonds is 3. The minimum atomic E-state index is -1.23. The standard InChI is InChI=1S/C9H14N2O4/c1-6(12)7-3-2-4-11(7)8(13)5-10-9(14)15/h7,10H,2-5H2,1H3,(H,14,15). The van der Waals surface area contributed by atoms with Crippen LogP contribution in [0.4, 0.5) is 4.79 Å². The Kier molecular flexibility index (Phi) is 3.65. The summed E-state index contributed by atoms with van der Waals surface area (Å²) in [6.07, 6.45) is 0.235. The molecule has 84 valence electrons. The Bertz CT molecular complexity index is 290. The first-order chi connectivity index (χ1) is 7.02. The summed E-state index contributed by atoms with van der Waals surface area (Å²) in [5, 5.41) is 10.3. The molecule has 6 nitrogen and oxygen atoms in total. The van der Waals surface area contributed by atoms with E-state index in [1.807, 2.05) is 5.32 Å². The van der Waals surface area contributed by atoms with Crippen molar-refractivity contribution in [2.24, 2.45) is 0 Å². The number of nitrogens with one attached hydrogen (secondary N) is 1. The molecular weight excluding hydrogens is 200 g/mol. The third-order valence-electron chi connectivity index (χ3n) is 2.43. The highest BCUT2D eigenvalue weighted by molar-refractivity contribution is 5.89. The van der Waals surface area contributed by atoms with Crippen molar-refractivity contribution in [1.82, 2.24) is 10.2 Å². The maximum absolute atomic E-state index is 11.5. The Balaban J connectivity index is 2.51. The second-order valence-corrected chi connectivity index (χ2v) is 3.51. The first-order valence-corrected chi connectivity index (χ1v) is 4.79. The summed E-state index contributed by atoms with van der Waals surface area (Å²) in [7, 11) is 0. The summed E-state index contributed by atoms with van der Waals surface area (Å²) < 4.78 is 0. The molecule has 0 bridgehead atoms. The van der Waals surface area contributed by atoms with Crippen molar-refractivity contribution in [1.29, 1.82) is 0 Å². The van der Waals surface area contributed by atoms with Crippen molar-refractivity contribution < 1.29 is 19.5 Å². The number of hydrogen-bond acceptors (Lipinski definition) is 3. The molecule has 1 unspecified atom stereocenters. The van der Waals surface area contributed by atoms with E-state index in [1.165, 1.54) is 11.8 Å². The van der Waals surface area contributed by atoms with E-state index in [4.69, 9.17) is 5.11 Å². The highest BCUT2D eigenvalue weighted by Gasteiger charge is 2.31. The Hall–Kier alpha value is -1.59. The van der Waals surface area contributed by atoms with Gasteiger partial charge in [0.1, 0.15) is 6.54 Å². The van der Waals surface area contributed by atoms with E-state index in [0.29, 0.717) is 13.0 Å². The average molecular weight is 214 g/mol. The molecule has 2 N–H and O–H groups in total. The lowest BCUT2D eigenvalue weighted by Crippen LogP contribution is -2.44. The van der Waals surface area contributed by atoms with Gasteiger partial charge in [-0.2, -0.15) is 0 Å². The zero-order valence-electron chi connectivity index (χ0n) is 8.52. The summed E-state index contributed by atoms with van der Waals surface area (Å²) in [5.74, 6) is -0.383. The van der Waals surface area contributed by atoms with Gasteiger partial charge >= 0.3 is 6.09 Å². The highest BCUT2D eigenvalue weighted by atomic mass is 16.4. The minimum Gasteiger partial charge on any atom is -0.465 e. The number of nitrogens with zero attached hydrogens (tertiary/aromatic N) is 1. The highest BCUT2D eigenvalue weighted by Crippen LogP contribution is 2.17. The van der Waals surface area contributed by atoms with Gasteiger partial charge in [0.15, 0.2) is 5.78 Å². The minimum absolute atomic E-state index is 0.0452. The monoisotopic (exact) mass is 214 g/mol. The van der Waals surface area contributed by atoms with Crippen LogP contribution in [-0.4, -0.2) is 46.9 Å². The van der Waals surface area contributed by atoms with Crippen molar-refractivity contribution in [3.8, 4) is 0 Å².